The first-order valence-electron chi connectivity index (χ1n) is 22.8. The van der Waals surface area contributed by atoms with E-state index in [0.29, 0.717) is 78.8 Å². The molecule has 2 saturated carbocycles. The number of urea groups is 1. The standard InChI is InChI=1S/C46H70N4O5S/c1-28-23-39-43(30(3)46(55-39)20-18-34-35-16-15-31-24-33(52)17-19-45(31,4)37(35)25-36(34)29(46)2)50(26-28)22-10-12-32(51)11-6-5-9-21-47-41(53)14-8-7-13-40-42-38(27-56-40)48-44(54)49-42/h24,28,30,34-35,37-40,42-43H,5-23,25-27H2,1-4H3,(H,47,53)(H2,48,49,54)/t28-,30+,34-,35-,37-,38-,39+,40?,42-,43-,45-,46-/m0/s1. The van der Waals surface area contributed by atoms with Crippen molar-refractivity contribution in [1.29, 1.82) is 0 Å². The quantitative estimate of drug-likeness (QED) is 0.0886. The van der Waals surface area contributed by atoms with E-state index in [1.165, 1.54) is 24.8 Å². The lowest BCUT2D eigenvalue weighted by molar-refractivity contribution is -0.121. The Morgan fingerprint density at radius 3 is 2.68 bits per heavy atom. The topological polar surface area (TPSA) is 117 Å². The van der Waals surface area contributed by atoms with Crippen molar-refractivity contribution in [2.45, 2.75) is 178 Å². The van der Waals surface area contributed by atoms with Crippen LogP contribution in [0.4, 0.5) is 4.79 Å². The smallest absolute Gasteiger partial charge is 0.315 e. The normalized spacial score (nSPS) is 40.0. The molecule has 4 aliphatic carbocycles. The van der Waals surface area contributed by atoms with E-state index in [2.05, 4.69) is 48.5 Å². The maximum Gasteiger partial charge on any atom is 0.315 e. The molecule has 0 aromatic rings. The molecule has 9 nitrogen and oxygen atoms in total. The van der Waals surface area contributed by atoms with Gasteiger partial charge < -0.3 is 20.7 Å². The van der Waals surface area contributed by atoms with Crippen LogP contribution in [0, 0.1) is 35.0 Å². The lowest BCUT2D eigenvalue weighted by atomic mass is 9.56. The molecule has 0 aromatic carbocycles. The molecular weight excluding hydrogens is 721 g/mol. The Morgan fingerprint density at radius 1 is 1.00 bits per heavy atom. The number of hydrogen-bond donors (Lipinski definition) is 3. The van der Waals surface area contributed by atoms with Crippen molar-refractivity contribution in [2.75, 3.05) is 25.4 Å². The number of fused-ring (bicyclic) bond motifs is 7. The third-order valence-electron chi connectivity index (χ3n) is 16.4. The maximum absolute atomic E-state index is 13.0. The summed E-state index contributed by atoms with van der Waals surface area (Å²) in [5, 5.41) is 9.55. The van der Waals surface area contributed by atoms with E-state index < -0.39 is 0 Å². The molecule has 0 bridgehead atoms. The summed E-state index contributed by atoms with van der Waals surface area (Å²) < 4.78 is 7.35. The Bertz CT molecular complexity index is 1600. The summed E-state index contributed by atoms with van der Waals surface area (Å²) in [6, 6.07) is 0.857. The van der Waals surface area contributed by atoms with Crippen molar-refractivity contribution < 1.29 is 23.9 Å². The Kier molecular flexibility index (Phi) is 12.2. The number of thioether (sulfide) groups is 1. The predicted molar refractivity (Wildman–Crippen MR) is 222 cm³/mol. The maximum atomic E-state index is 13.0. The third kappa shape index (κ3) is 7.82. The molecule has 0 aromatic heterocycles. The van der Waals surface area contributed by atoms with Crippen LogP contribution in [-0.2, 0) is 19.1 Å². The number of allylic oxidation sites excluding steroid dienone is 3. The first-order valence-corrected chi connectivity index (χ1v) is 23.8. The zero-order valence-electron chi connectivity index (χ0n) is 34.8. The Labute approximate surface area is 340 Å². The second-order valence-electron chi connectivity index (χ2n) is 19.7. The molecule has 8 aliphatic rings. The highest BCUT2D eigenvalue weighted by atomic mass is 32.2. The Hall–Kier alpha value is -2.17. The van der Waals surface area contributed by atoms with Gasteiger partial charge in [-0.1, -0.05) is 44.8 Å². The van der Waals surface area contributed by atoms with Crippen LogP contribution in [0.2, 0.25) is 0 Å². The molecule has 56 heavy (non-hydrogen) atoms. The van der Waals surface area contributed by atoms with Crippen LogP contribution in [0.1, 0.15) is 143 Å². The largest absolute Gasteiger partial charge is 0.365 e. The first-order chi connectivity index (χ1) is 27.0. The first kappa shape index (κ1) is 40.6. The van der Waals surface area contributed by atoms with Crippen molar-refractivity contribution in [3.05, 3.63) is 22.8 Å². The summed E-state index contributed by atoms with van der Waals surface area (Å²) in [6.45, 7) is 12.5. The summed E-state index contributed by atoms with van der Waals surface area (Å²) in [5.41, 5.74) is 4.73. The molecule has 3 amide bonds. The zero-order chi connectivity index (χ0) is 39.2. The molecule has 310 valence electrons. The number of nitrogens with one attached hydrogen (secondary N) is 3. The van der Waals surface area contributed by atoms with Gasteiger partial charge >= 0.3 is 6.03 Å². The van der Waals surface area contributed by atoms with E-state index in [1.807, 2.05) is 17.8 Å². The predicted octanol–water partition coefficient (Wildman–Crippen LogP) is 7.67. The summed E-state index contributed by atoms with van der Waals surface area (Å²) in [7, 11) is 0. The molecule has 1 unspecified atom stereocenters. The number of unbranched alkanes of at least 4 members (excludes halogenated alkanes) is 3. The molecule has 6 fully saturated rings. The highest BCUT2D eigenvalue weighted by Gasteiger charge is 2.61. The molecular formula is C46H70N4O5S. The number of rotatable bonds is 15. The minimum atomic E-state index is -0.165. The van der Waals surface area contributed by atoms with Crippen LogP contribution < -0.4 is 16.0 Å². The molecule has 10 heteroatoms. The minimum Gasteiger partial charge on any atom is -0.365 e. The number of Topliss-reactive ketones (excluding diaryl/α,β-unsaturated/α-hetero) is 1. The fourth-order valence-electron chi connectivity index (χ4n) is 13.5. The van der Waals surface area contributed by atoms with Gasteiger partial charge in [-0.2, -0.15) is 11.8 Å². The van der Waals surface area contributed by atoms with Gasteiger partial charge in [0.2, 0.25) is 5.91 Å². The lowest BCUT2D eigenvalue weighted by Crippen LogP contribution is -2.52. The van der Waals surface area contributed by atoms with Gasteiger partial charge in [-0.05, 0) is 131 Å². The second-order valence-corrected chi connectivity index (χ2v) is 21.0. The van der Waals surface area contributed by atoms with E-state index in [-0.39, 0.29) is 41.1 Å². The van der Waals surface area contributed by atoms with Crippen LogP contribution in [-0.4, -0.2) is 88.9 Å². The van der Waals surface area contributed by atoms with Crippen molar-refractivity contribution in [3.8, 4) is 0 Å². The number of piperidine rings is 1. The SMILES string of the molecule is CC1=C2C[C@H]3[C@@H](CCC4=CC(=O)CC[C@@]43C)[C@@H]2CC[C@]12O[C@@H]1C[C@H](C)CN(CCCC(=O)CCCCCNC(=O)CCCCC3SC[C@@H]4NC(=O)N[C@H]34)[C@H]1[C@H]2C. The number of carbonyl (C=O) groups is 4. The van der Waals surface area contributed by atoms with Gasteiger partial charge in [0.25, 0.3) is 0 Å². The van der Waals surface area contributed by atoms with E-state index in [9.17, 15) is 19.2 Å². The van der Waals surface area contributed by atoms with Gasteiger partial charge in [-0.25, -0.2) is 4.79 Å². The second kappa shape index (κ2) is 16.8. The lowest BCUT2D eigenvalue weighted by Gasteiger charge is -2.48. The van der Waals surface area contributed by atoms with Crippen molar-refractivity contribution in [1.82, 2.24) is 20.9 Å². The van der Waals surface area contributed by atoms with Crippen molar-refractivity contribution in [2.24, 2.45) is 35.0 Å². The highest BCUT2D eigenvalue weighted by molar-refractivity contribution is 8.00. The summed E-state index contributed by atoms with van der Waals surface area (Å²) >= 11 is 1.93. The van der Waals surface area contributed by atoms with Crippen LogP contribution in [0.25, 0.3) is 0 Å². The summed E-state index contributed by atoms with van der Waals surface area (Å²) in [4.78, 5) is 52.0. The van der Waals surface area contributed by atoms with Gasteiger partial charge in [0.1, 0.15) is 5.78 Å². The minimum absolute atomic E-state index is 0.0451. The summed E-state index contributed by atoms with van der Waals surface area (Å²) in [6.07, 6.45) is 19.5. The molecule has 3 N–H and O–H groups in total. The van der Waals surface area contributed by atoms with Crippen LogP contribution >= 0.6 is 11.8 Å². The highest BCUT2D eigenvalue weighted by Crippen LogP contribution is 2.65. The average Bonchev–Trinajstić information content (AvgIpc) is 3.91. The molecule has 4 saturated heterocycles. The number of hydrogen-bond acceptors (Lipinski definition) is 7. The van der Waals surface area contributed by atoms with Gasteiger partial charge in [0.05, 0.1) is 23.8 Å². The monoisotopic (exact) mass is 791 g/mol. The van der Waals surface area contributed by atoms with Crippen LogP contribution in [0.5, 0.6) is 0 Å². The molecule has 1 spiro atoms. The number of ketones is 2. The van der Waals surface area contributed by atoms with Crippen LogP contribution in [0.15, 0.2) is 22.8 Å². The van der Waals surface area contributed by atoms with Gasteiger partial charge in [0.15, 0.2) is 5.78 Å². The molecule has 8 rings (SSSR count). The van der Waals surface area contributed by atoms with E-state index in [4.69, 9.17) is 4.74 Å². The number of ether oxygens (including phenoxy) is 1. The van der Waals surface area contributed by atoms with E-state index in [0.717, 1.165) is 95.4 Å². The fraction of sp³-hybridized carbons (Fsp3) is 0.826. The van der Waals surface area contributed by atoms with E-state index in [1.54, 1.807) is 11.1 Å². The molecule has 12 atom stereocenters. The Morgan fingerprint density at radius 2 is 1.82 bits per heavy atom. The van der Waals surface area contributed by atoms with E-state index >= 15 is 0 Å². The number of nitrogens with zero attached hydrogens (tertiary/aromatic N) is 1. The van der Waals surface area contributed by atoms with Gasteiger partial charge in [-0.15, -0.1) is 0 Å². The zero-order valence-corrected chi connectivity index (χ0v) is 35.6. The summed E-state index contributed by atoms with van der Waals surface area (Å²) in [5.74, 6) is 4.93. The van der Waals surface area contributed by atoms with Crippen molar-refractivity contribution in [3.63, 3.8) is 0 Å². The van der Waals surface area contributed by atoms with Gasteiger partial charge in [0, 0.05) is 61.7 Å². The third-order valence-corrected chi connectivity index (χ3v) is 17.9. The van der Waals surface area contributed by atoms with Crippen LogP contribution in [0.3, 0.4) is 0 Å². The molecule has 0 radical (unpaired) electrons. The number of likely N-dealkylation sites (tertiary alicyclic amines) is 1. The Balaban J connectivity index is 0.748. The fourth-order valence-corrected chi connectivity index (χ4v) is 15.0. The van der Waals surface area contributed by atoms with Gasteiger partial charge in [-0.3, -0.25) is 19.3 Å². The average molecular weight is 791 g/mol. The van der Waals surface area contributed by atoms with Crippen molar-refractivity contribution >= 4 is 35.3 Å². The number of carbonyl (C=O) groups excluding carboxylic acids is 4. The number of amides is 3. The molecule has 4 aliphatic heterocycles. The molecule has 4 heterocycles.